The van der Waals surface area contributed by atoms with E-state index in [1.165, 1.54) is 19.2 Å². The number of sulfonamides is 1. The van der Waals surface area contributed by atoms with Crippen LogP contribution in [0.5, 0.6) is 5.75 Å². The third-order valence-corrected chi connectivity index (χ3v) is 5.52. The molecule has 0 atom stereocenters. The molecule has 9 nitrogen and oxygen atoms in total. The SMILES string of the molecule is CNS(=O)(=O)c1ccc(C(=O)Nc2cccc(OCc3cn4ccccc4n3)c2)o1. The van der Waals surface area contributed by atoms with Gasteiger partial charge in [0.2, 0.25) is 5.09 Å². The minimum atomic E-state index is -3.76. The summed E-state index contributed by atoms with van der Waals surface area (Å²) < 4.78 is 38.4. The molecule has 0 aliphatic carbocycles. The first-order valence-electron chi connectivity index (χ1n) is 8.95. The van der Waals surface area contributed by atoms with E-state index in [1.807, 2.05) is 35.0 Å². The Morgan fingerprint density at radius 3 is 2.83 bits per heavy atom. The van der Waals surface area contributed by atoms with Crippen LogP contribution in [0, 0.1) is 0 Å². The van der Waals surface area contributed by atoms with Crippen molar-refractivity contribution in [2.45, 2.75) is 11.7 Å². The summed E-state index contributed by atoms with van der Waals surface area (Å²) in [5, 5.41) is 2.32. The molecule has 0 bridgehead atoms. The van der Waals surface area contributed by atoms with E-state index in [9.17, 15) is 13.2 Å². The highest BCUT2D eigenvalue weighted by Gasteiger charge is 2.19. The minimum Gasteiger partial charge on any atom is -0.487 e. The summed E-state index contributed by atoms with van der Waals surface area (Å²) in [4.78, 5) is 16.8. The first kappa shape index (κ1) is 19.7. The number of anilines is 1. The number of hydrogen-bond acceptors (Lipinski definition) is 6. The smallest absolute Gasteiger partial charge is 0.291 e. The molecule has 3 heterocycles. The van der Waals surface area contributed by atoms with Gasteiger partial charge >= 0.3 is 0 Å². The van der Waals surface area contributed by atoms with E-state index in [1.54, 1.807) is 24.3 Å². The average molecular weight is 426 g/mol. The molecule has 0 saturated carbocycles. The summed E-state index contributed by atoms with van der Waals surface area (Å²) >= 11 is 0. The van der Waals surface area contributed by atoms with Crippen LogP contribution in [0.3, 0.4) is 0 Å². The zero-order chi connectivity index (χ0) is 21.1. The van der Waals surface area contributed by atoms with Gasteiger partial charge in [0.25, 0.3) is 15.9 Å². The zero-order valence-corrected chi connectivity index (χ0v) is 16.7. The molecule has 3 aromatic heterocycles. The lowest BCUT2D eigenvalue weighted by Crippen LogP contribution is -2.18. The van der Waals surface area contributed by atoms with Gasteiger partial charge in [-0.15, -0.1) is 0 Å². The van der Waals surface area contributed by atoms with Crippen LogP contribution in [0.2, 0.25) is 0 Å². The van der Waals surface area contributed by atoms with Crippen LogP contribution in [-0.4, -0.2) is 30.8 Å². The number of benzene rings is 1. The van der Waals surface area contributed by atoms with Crippen molar-refractivity contribution < 1.29 is 22.4 Å². The Balaban J connectivity index is 1.42. The number of furan rings is 1. The number of rotatable bonds is 7. The standard InChI is InChI=1S/C20H18N4O5S/c1-21-30(26,27)19-9-8-17(29-19)20(25)23-14-5-4-6-16(11-14)28-13-15-12-24-10-3-2-7-18(24)22-15/h2-12,21H,13H2,1H3,(H,23,25). The molecule has 0 radical (unpaired) electrons. The minimum absolute atomic E-state index is 0.125. The molecule has 0 unspecified atom stereocenters. The fourth-order valence-electron chi connectivity index (χ4n) is 2.76. The average Bonchev–Trinajstić information content (AvgIpc) is 3.40. The molecule has 1 aromatic carbocycles. The fraction of sp³-hybridized carbons (Fsp3) is 0.100. The second-order valence-corrected chi connectivity index (χ2v) is 8.11. The molecule has 1 amide bonds. The molecule has 0 saturated heterocycles. The molecule has 0 spiro atoms. The largest absolute Gasteiger partial charge is 0.487 e. The number of aromatic nitrogens is 2. The van der Waals surface area contributed by atoms with E-state index < -0.39 is 15.9 Å². The second kappa shape index (κ2) is 8.01. The van der Waals surface area contributed by atoms with Gasteiger partial charge in [0.15, 0.2) is 5.76 Å². The Kier molecular flexibility index (Phi) is 5.25. The number of carbonyl (C=O) groups excluding carboxylic acids is 1. The fourth-order valence-corrected chi connectivity index (χ4v) is 3.41. The number of ether oxygens (including phenoxy) is 1. The molecule has 154 valence electrons. The first-order chi connectivity index (χ1) is 14.4. The van der Waals surface area contributed by atoms with Gasteiger partial charge in [0.1, 0.15) is 18.0 Å². The first-order valence-corrected chi connectivity index (χ1v) is 10.4. The second-order valence-electron chi connectivity index (χ2n) is 6.30. The van der Waals surface area contributed by atoms with Gasteiger partial charge in [0, 0.05) is 24.1 Å². The van der Waals surface area contributed by atoms with Gasteiger partial charge in [-0.25, -0.2) is 18.1 Å². The molecular formula is C20H18N4O5S. The van der Waals surface area contributed by atoms with Crippen LogP contribution in [0.1, 0.15) is 16.2 Å². The maximum absolute atomic E-state index is 12.4. The van der Waals surface area contributed by atoms with Gasteiger partial charge in [-0.1, -0.05) is 12.1 Å². The zero-order valence-electron chi connectivity index (χ0n) is 15.9. The highest BCUT2D eigenvalue weighted by Crippen LogP contribution is 2.20. The summed E-state index contributed by atoms with van der Waals surface area (Å²) in [6.45, 7) is 0.266. The van der Waals surface area contributed by atoms with E-state index in [4.69, 9.17) is 9.15 Å². The summed E-state index contributed by atoms with van der Waals surface area (Å²) in [5.41, 5.74) is 2.07. The number of nitrogens with zero attached hydrogens (tertiary/aromatic N) is 2. The highest BCUT2D eigenvalue weighted by atomic mass is 32.2. The van der Waals surface area contributed by atoms with Gasteiger partial charge in [-0.05, 0) is 43.4 Å². The van der Waals surface area contributed by atoms with E-state index in [2.05, 4.69) is 15.0 Å². The molecule has 4 rings (SSSR count). The molecule has 4 aromatic rings. The number of nitrogens with one attached hydrogen (secondary N) is 2. The Hall–Kier alpha value is -3.63. The topological polar surface area (TPSA) is 115 Å². The summed E-state index contributed by atoms with van der Waals surface area (Å²) in [6.07, 6.45) is 3.79. The lowest BCUT2D eigenvalue weighted by atomic mass is 10.3. The Morgan fingerprint density at radius 1 is 1.17 bits per heavy atom. The maximum atomic E-state index is 12.4. The van der Waals surface area contributed by atoms with Gasteiger partial charge in [0.05, 0.1) is 5.69 Å². The van der Waals surface area contributed by atoms with Crippen molar-refractivity contribution >= 4 is 27.3 Å². The molecule has 0 aliphatic heterocycles. The van der Waals surface area contributed by atoms with Crippen molar-refractivity contribution in [2.75, 3.05) is 12.4 Å². The number of hydrogen-bond donors (Lipinski definition) is 2. The number of fused-ring (bicyclic) bond motifs is 1. The molecule has 0 fully saturated rings. The summed E-state index contributed by atoms with van der Waals surface area (Å²) in [7, 11) is -2.50. The molecule has 10 heteroatoms. The van der Waals surface area contributed by atoms with Crippen molar-refractivity contribution in [1.82, 2.24) is 14.1 Å². The van der Waals surface area contributed by atoms with Crippen molar-refractivity contribution in [3.63, 3.8) is 0 Å². The predicted octanol–water partition coefficient (Wildman–Crippen LogP) is 2.67. The third kappa shape index (κ3) is 4.19. The lowest BCUT2D eigenvalue weighted by molar-refractivity contribution is 0.0991. The maximum Gasteiger partial charge on any atom is 0.291 e. The Morgan fingerprint density at radius 2 is 2.03 bits per heavy atom. The quantitative estimate of drug-likeness (QED) is 0.470. The van der Waals surface area contributed by atoms with E-state index in [0.29, 0.717) is 11.4 Å². The van der Waals surface area contributed by atoms with E-state index >= 15 is 0 Å². The van der Waals surface area contributed by atoms with Crippen LogP contribution in [0.25, 0.3) is 5.65 Å². The van der Waals surface area contributed by atoms with Crippen LogP contribution in [0.15, 0.2) is 76.5 Å². The van der Waals surface area contributed by atoms with Crippen molar-refractivity contribution in [2.24, 2.45) is 0 Å². The predicted molar refractivity (Wildman–Crippen MR) is 109 cm³/mol. The molecule has 2 N–H and O–H groups in total. The van der Waals surface area contributed by atoms with Gasteiger partial charge in [-0.2, -0.15) is 0 Å². The Labute approximate surface area is 172 Å². The lowest BCUT2D eigenvalue weighted by Gasteiger charge is -2.07. The number of imidazole rings is 1. The summed E-state index contributed by atoms with van der Waals surface area (Å²) in [5.74, 6) is -0.160. The summed E-state index contributed by atoms with van der Waals surface area (Å²) in [6, 6.07) is 15.1. The van der Waals surface area contributed by atoms with E-state index in [-0.39, 0.29) is 17.5 Å². The van der Waals surface area contributed by atoms with Crippen molar-refractivity contribution in [3.05, 3.63) is 78.4 Å². The van der Waals surface area contributed by atoms with Crippen LogP contribution >= 0.6 is 0 Å². The third-order valence-electron chi connectivity index (χ3n) is 4.23. The van der Waals surface area contributed by atoms with Crippen LogP contribution < -0.4 is 14.8 Å². The van der Waals surface area contributed by atoms with Crippen LogP contribution in [-0.2, 0) is 16.6 Å². The highest BCUT2D eigenvalue weighted by molar-refractivity contribution is 7.89. The van der Waals surface area contributed by atoms with Gasteiger partial charge in [-0.3, -0.25) is 4.79 Å². The number of amides is 1. The molecule has 0 aliphatic rings. The van der Waals surface area contributed by atoms with Crippen LogP contribution in [0.4, 0.5) is 5.69 Å². The number of carbonyl (C=O) groups is 1. The normalized spacial score (nSPS) is 11.5. The Bertz CT molecular complexity index is 1280. The van der Waals surface area contributed by atoms with Crippen molar-refractivity contribution in [3.8, 4) is 5.75 Å². The van der Waals surface area contributed by atoms with Gasteiger partial charge < -0.3 is 18.9 Å². The number of pyridine rings is 1. The van der Waals surface area contributed by atoms with E-state index in [0.717, 1.165) is 11.3 Å². The molecular weight excluding hydrogens is 408 g/mol. The molecule has 30 heavy (non-hydrogen) atoms. The monoisotopic (exact) mass is 426 g/mol. The van der Waals surface area contributed by atoms with Crippen molar-refractivity contribution in [1.29, 1.82) is 0 Å².